The number of benzene rings is 2. The molecule has 1 saturated heterocycles. The van der Waals surface area contributed by atoms with E-state index < -0.39 is 17.7 Å². The van der Waals surface area contributed by atoms with Crippen molar-refractivity contribution in [2.45, 2.75) is 45.7 Å². The van der Waals surface area contributed by atoms with Gasteiger partial charge in [-0.2, -0.15) is 0 Å². The Morgan fingerprint density at radius 3 is 2.44 bits per heavy atom. The highest BCUT2D eigenvalue weighted by molar-refractivity contribution is 6.46. The molecule has 0 radical (unpaired) electrons. The van der Waals surface area contributed by atoms with Crippen LogP contribution in [-0.4, -0.2) is 28.8 Å². The molecule has 1 amide bonds. The molecule has 1 N–H and O–H groups in total. The number of methoxy groups -OCH3 is 1. The number of aryl methyl sites for hydroxylation is 1. The summed E-state index contributed by atoms with van der Waals surface area (Å²) in [7, 11) is 1.51. The highest BCUT2D eigenvalue weighted by atomic mass is 16.5. The van der Waals surface area contributed by atoms with Gasteiger partial charge >= 0.3 is 0 Å². The van der Waals surface area contributed by atoms with Crippen molar-refractivity contribution in [1.82, 2.24) is 4.90 Å². The summed E-state index contributed by atoms with van der Waals surface area (Å²) in [4.78, 5) is 28.0. The van der Waals surface area contributed by atoms with Crippen LogP contribution >= 0.6 is 0 Å². The first-order valence-corrected chi connectivity index (χ1v) is 11.2. The van der Waals surface area contributed by atoms with Crippen LogP contribution in [-0.2, 0) is 21.5 Å². The molecule has 4 rings (SSSR count). The topological polar surface area (TPSA) is 80.0 Å². The Labute approximate surface area is 199 Å². The molecule has 34 heavy (non-hydrogen) atoms. The molecule has 0 aliphatic carbocycles. The van der Waals surface area contributed by atoms with Crippen LogP contribution in [0.25, 0.3) is 5.76 Å². The quantitative estimate of drug-likeness (QED) is 0.309. The number of amides is 1. The Kier molecular flexibility index (Phi) is 6.09. The monoisotopic (exact) mass is 459 g/mol. The van der Waals surface area contributed by atoms with Crippen molar-refractivity contribution in [2.75, 3.05) is 7.11 Å². The van der Waals surface area contributed by atoms with Crippen LogP contribution in [0.3, 0.4) is 0 Å². The molecule has 176 valence electrons. The van der Waals surface area contributed by atoms with E-state index in [1.807, 2.05) is 43.3 Å². The van der Waals surface area contributed by atoms with Crippen LogP contribution < -0.4 is 4.74 Å². The molecule has 3 aromatic rings. The predicted octanol–water partition coefficient (Wildman–Crippen LogP) is 5.52. The van der Waals surface area contributed by atoms with E-state index in [4.69, 9.17) is 9.15 Å². The number of hydrogen-bond donors (Lipinski definition) is 1. The minimum absolute atomic E-state index is 0.0372. The number of aliphatic hydroxyl groups excluding tert-OH is 1. The van der Waals surface area contributed by atoms with Gasteiger partial charge in [-0.05, 0) is 53.3 Å². The Morgan fingerprint density at radius 2 is 1.82 bits per heavy atom. The van der Waals surface area contributed by atoms with E-state index in [-0.39, 0.29) is 23.3 Å². The summed E-state index contributed by atoms with van der Waals surface area (Å²) < 4.78 is 11.0. The normalized spacial score (nSPS) is 17.9. The standard InChI is InChI=1S/C28H29NO5/c1-17-9-6-7-11-20(17)24-23(26(31)27(32)29(24)16-19-10-8-14-34-19)25(30)21-15-18(28(2,3)4)12-13-22(21)33-5/h6-15,24,30H,16H2,1-5H3/b25-23+. The highest BCUT2D eigenvalue weighted by Gasteiger charge is 2.47. The fraction of sp³-hybridized carbons (Fsp3) is 0.286. The first-order chi connectivity index (χ1) is 16.1. The molecule has 1 aliphatic rings. The van der Waals surface area contributed by atoms with Gasteiger partial charge in [-0.25, -0.2) is 0 Å². The van der Waals surface area contributed by atoms with Crippen LogP contribution in [0.1, 0.15) is 54.8 Å². The molecular weight excluding hydrogens is 430 g/mol. The average molecular weight is 460 g/mol. The Morgan fingerprint density at radius 1 is 1.09 bits per heavy atom. The van der Waals surface area contributed by atoms with Crippen molar-refractivity contribution in [3.8, 4) is 5.75 Å². The molecule has 6 heteroatoms. The zero-order valence-electron chi connectivity index (χ0n) is 20.1. The fourth-order valence-corrected chi connectivity index (χ4v) is 4.34. The summed E-state index contributed by atoms with van der Waals surface area (Å²) in [6, 6.07) is 15.8. The third-order valence-corrected chi connectivity index (χ3v) is 6.25. The van der Waals surface area contributed by atoms with Crippen LogP contribution in [0.4, 0.5) is 0 Å². The van der Waals surface area contributed by atoms with E-state index in [0.29, 0.717) is 17.1 Å². The van der Waals surface area contributed by atoms with Gasteiger partial charge in [-0.3, -0.25) is 9.59 Å². The van der Waals surface area contributed by atoms with E-state index >= 15 is 0 Å². The van der Waals surface area contributed by atoms with Gasteiger partial charge in [0.2, 0.25) is 0 Å². The Bertz CT molecular complexity index is 1260. The lowest BCUT2D eigenvalue weighted by Crippen LogP contribution is -2.29. The average Bonchev–Trinajstić information content (AvgIpc) is 3.40. The SMILES string of the molecule is COc1ccc(C(C)(C)C)cc1/C(O)=C1\C(=O)C(=O)N(Cc2ccco2)C1c1ccccc1C. The molecule has 1 aromatic heterocycles. The number of carbonyl (C=O) groups excluding carboxylic acids is 2. The van der Waals surface area contributed by atoms with Crippen LogP contribution in [0, 0.1) is 6.92 Å². The first kappa shape index (κ1) is 23.4. The number of ketones is 1. The third-order valence-electron chi connectivity index (χ3n) is 6.25. The van der Waals surface area contributed by atoms with Gasteiger partial charge in [-0.15, -0.1) is 0 Å². The number of likely N-dealkylation sites (tertiary alicyclic amines) is 1. The molecule has 2 heterocycles. The van der Waals surface area contributed by atoms with Crippen molar-refractivity contribution in [3.05, 3.63) is 94.4 Å². The molecule has 1 fully saturated rings. The maximum atomic E-state index is 13.4. The molecule has 6 nitrogen and oxygen atoms in total. The lowest BCUT2D eigenvalue weighted by molar-refractivity contribution is -0.140. The van der Waals surface area contributed by atoms with Gasteiger partial charge in [0.05, 0.1) is 37.1 Å². The number of furan rings is 1. The highest BCUT2D eigenvalue weighted by Crippen LogP contribution is 2.43. The minimum Gasteiger partial charge on any atom is -0.507 e. The molecule has 1 unspecified atom stereocenters. The number of aliphatic hydroxyl groups is 1. The van der Waals surface area contributed by atoms with E-state index in [0.717, 1.165) is 16.7 Å². The van der Waals surface area contributed by atoms with E-state index in [9.17, 15) is 14.7 Å². The summed E-state index contributed by atoms with van der Waals surface area (Å²) in [5.74, 6) is -0.701. The second-order valence-corrected chi connectivity index (χ2v) is 9.53. The maximum Gasteiger partial charge on any atom is 0.296 e. The van der Waals surface area contributed by atoms with Gasteiger partial charge in [0.15, 0.2) is 0 Å². The smallest absolute Gasteiger partial charge is 0.296 e. The van der Waals surface area contributed by atoms with Crippen LogP contribution in [0.2, 0.25) is 0 Å². The number of rotatable bonds is 5. The van der Waals surface area contributed by atoms with E-state index in [1.54, 1.807) is 18.2 Å². The first-order valence-electron chi connectivity index (χ1n) is 11.2. The van der Waals surface area contributed by atoms with Crippen molar-refractivity contribution >= 4 is 17.4 Å². The molecule has 1 aliphatic heterocycles. The van der Waals surface area contributed by atoms with Crippen molar-refractivity contribution < 1.29 is 23.8 Å². The third kappa shape index (κ3) is 4.12. The number of ether oxygens (including phenoxy) is 1. The zero-order valence-corrected chi connectivity index (χ0v) is 20.1. The van der Waals surface area contributed by atoms with Gasteiger partial charge in [0.25, 0.3) is 11.7 Å². The maximum absolute atomic E-state index is 13.4. The largest absolute Gasteiger partial charge is 0.507 e. The summed E-state index contributed by atoms with van der Waals surface area (Å²) in [6.45, 7) is 8.21. The van der Waals surface area contributed by atoms with Gasteiger partial charge in [0.1, 0.15) is 17.3 Å². The van der Waals surface area contributed by atoms with Crippen molar-refractivity contribution in [1.29, 1.82) is 0 Å². The lowest BCUT2D eigenvalue weighted by Gasteiger charge is -2.26. The number of Topliss-reactive ketones (excluding diaryl/α,β-unsaturated/α-hetero) is 1. The van der Waals surface area contributed by atoms with E-state index in [2.05, 4.69) is 20.8 Å². The summed E-state index contributed by atoms with van der Waals surface area (Å²) >= 11 is 0. The van der Waals surface area contributed by atoms with Crippen molar-refractivity contribution in [3.63, 3.8) is 0 Å². The van der Waals surface area contributed by atoms with Gasteiger partial charge in [0, 0.05) is 0 Å². The molecule has 0 bridgehead atoms. The van der Waals surface area contributed by atoms with Gasteiger partial charge in [-0.1, -0.05) is 51.1 Å². The number of nitrogens with zero attached hydrogens (tertiary/aromatic N) is 1. The molecular formula is C28H29NO5. The van der Waals surface area contributed by atoms with Crippen LogP contribution in [0.15, 0.2) is 70.9 Å². The van der Waals surface area contributed by atoms with Crippen LogP contribution in [0.5, 0.6) is 5.75 Å². The molecule has 2 aromatic carbocycles. The fourth-order valence-electron chi connectivity index (χ4n) is 4.34. The Balaban J connectivity index is 1.95. The summed E-state index contributed by atoms with van der Waals surface area (Å²) in [6.07, 6.45) is 1.53. The predicted molar refractivity (Wildman–Crippen MR) is 129 cm³/mol. The van der Waals surface area contributed by atoms with E-state index in [1.165, 1.54) is 18.3 Å². The van der Waals surface area contributed by atoms with Crippen molar-refractivity contribution in [2.24, 2.45) is 0 Å². The summed E-state index contributed by atoms with van der Waals surface area (Å²) in [5, 5.41) is 11.6. The molecule has 1 atom stereocenters. The number of carbonyl (C=O) groups is 2. The molecule has 0 spiro atoms. The minimum atomic E-state index is -0.769. The summed E-state index contributed by atoms with van der Waals surface area (Å²) in [5.41, 5.74) is 2.86. The molecule has 0 saturated carbocycles. The lowest BCUT2D eigenvalue weighted by atomic mass is 9.85. The van der Waals surface area contributed by atoms with Gasteiger partial charge < -0.3 is 19.2 Å². The second kappa shape index (κ2) is 8.86. The Hall–Kier alpha value is -3.80. The second-order valence-electron chi connectivity index (χ2n) is 9.53. The zero-order chi connectivity index (χ0) is 24.6. The number of hydrogen-bond acceptors (Lipinski definition) is 5.